The number of hydrogen-bond acceptors (Lipinski definition) is 2. The lowest BCUT2D eigenvalue weighted by atomic mass is 10.1. The fourth-order valence-corrected chi connectivity index (χ4v) is 3.39. The molecule has 0 fully saturated rings. The molecule has 2 aliphatic rings. The molecule has 0 bridgehead atoms. The zero-order valence-electron chi connectivity index (χ0n) is 13.1. The molecule has 4 heteroatoms. The van der Waals surface area contributed by atoms with Crippen molar-refractivity contribution in [3.05, 3.63) is 70.3 Å². The quantitative estimate of drug-likeness (QED) is 0.874. The maximum atomic E-state index is 12.5. The van der Waals surface area contributed by atoms with E-state index in [2.05, 4.69) is 0 Å². The van der Waals surface area contributed by atoms with Crippen LogP contribution in [0.2, 0.25) is 0 Å². The van der Waals surface area contributed by atoms with E-state index >= 15 is 0 Å². The zero-order valence-corrected chi connectivity index (χ0v) is 13.1. The number of aryl methyl sites for hydroxylation is 1. The van der Waals surface area contributed by atoms with Crippen molar-refractivity contribution in [3.8, 4) is 0 Å². The van der Waals surface area contributed by atoms with Crippen LogP contribution in [0, 0.1) is 6.92 Å². The number of amides is 2. The molecule has 4 nitrogen and oxygen atoms in total. The summed E-state index contributed by atoms with van der Waals surface area (Å²) < 4.78 is 0. The van der Waals surface area contributed by atoms with E-state index in [0.717, 1.165) is 27.8 Å². The van der Waals surface area contributed by atoms with Crippen molar-refractivity contribution < 1.29 is 9.59 Å². The smallest absolute Gasteiger partial charge is 0.254 e. The molecule has 0 spiro atoms. The second-order valence-electron chi connectivity index (χ2n) is 6.27. The van der Waals surface area contributed by atoms with Crippen LogP contribution in [0.15, 0.2) is 42.5 Å². The molecular weight excluding hydrogens is 288 g/mol. The minimum atomic E-state index is 0.0700. The normalized spacial score (nSPS) is 16.0. The topological polar surface area (TPSA) is 40.6 Å². The van der Waals surface area contributed by atoms with E-state index in [0.29, 0.717) is 26.2 Å². The van der Waals surface area contributed by atoms with Gasteiger partial charge in [0.25, 0.3) is 11.8 Å². The van der Waals surface area contributed by atoms with Gasteiger partial charge in [0.2, 0.25) is 0 Å². The number of carbonyl (C=O) groups is 2. The van der Waals surface area contributed by atoms with E-state index in [9.17, 15) is 9.59 Å². The lowest BCUT2D eigenvalue weighted by Gasteiger charge is -2.21. The fraction of sp³-hybridized carbons (Fsp3) is 0.263. The monoisotopic (exact) mass is 306 g/mol. The van der Waals surface area contributed by atoms with Crippen LogP contribution in [0.4, 0.5) is 0 Å². The van der Waals surface area contributed by atoms with Gasteiger partial charge in [0.05, 0.1) is 0 Å². The molecule has 0 N–H and O–H groups in total. The van der Waals surface area contributed by atoms with Gasteiger partial charge in [-0.2, -0.15) is 0 Å². The first kappa shape index (κ1) is 14.0. The number of benzene rings is 2. The molecule has 4 rings (SSSR count). The van der Waals surface area contributed by atoms with E-state index < -0.39 is 0 Å². The van der Waals surface area contributed by atoms with E-state index in [1.165, 1.54) is 0 Å². The first-order valence-corrected chi connectivity index (χ1v) is 7.89. The molecule has 0 unspecified atom stereocenters. The van der Waals surface area contributed by atoms with Crippen molar-refractivity contribution in [2.24, 2.45) is 0 Å². The lowest BCUT2D eigenvalue weighted by Crippen LogP contribution is -2.35. The molecule has 2 aliphatic heterocycles. The van der Waals surface area contributed by atoms with Gasteiger partial charge in [-0.1, -0.05) is 35.9 Å². The molecule has 0 saturated carbocycles. The Kier molecular flexibility index (Phi) is 3.18. The minimum absolute atomic E-state index is 0.0700. The van der Waals surface area contributed by atoms with Crippen LogP contribution in [-0.4, -0.2) is 34.7 Å². The largest absolute Gasteiger partial charge is 0.333 e. The average Bonchev–Trinajstić information content (AvgIpc) is 3.04. The summed E-state index contributed by atoms with van der Waals surface area (Å²) in [6.07, 6.45) is 0. The van der Waals surface area contributed by atoms with Gasteiger partial charge in [0, 0.05) is 37.3 Å². The third-order valence-corrected chi connectivity index (χ3v) is 4.68. The Labute approximate surface area is 135 Å². The summed E-state index contributed by atoms with van der Waals surface area (Å²) in [5.74, 6) is 0.147. The number of carbonyl (C=O) groups excluding carboxylic acids is 2. The van der Waals surface area contributed by atoms with E-state index in [4.69, 9.17) is 0 Å². The van der Waals surface area contributed by atoms with Crippen LogP contribution in [-0.2, 0) is 13.1 Å². The summed E-state index contributed by atoms with van der Waals surface area (Å²) in [6.45, 7) is 4.43. The van der Waals surface area contributed by atoms with Crippen molar-refractivity contribution >= 4 is 11.8 Å². The highest BCUT2D eigenvalue weighted by Gasteiger charge is 2.30. The van der Waals surface area contributed by atoms with Gasteiger partial charge in [0.1, 0.15) is 0 Å². The van der Waals surface area contributed by atoms with Crippen LogP contribution in [0.5, 0.6) is 0 Å². The van der Waals surface area contributed by atoms with Crippen LogP contribution >= 0.6 is 0 Å². The maximum absolute atomic E-state index is 12.5. The molecule has 0 aromatic heterocycles. The predicted octanol–water partition coefficient (Wildman–Crippen LogP) is 2.61. The molecule has 0 saturated heterocycles. The zero-order chi connectivity index (χ0) is 16.0. The molecule has 2 aromatic carbocycles. The Morgan fingerprint density at radius 3 is 2.13 bits per heavy atom. The molecular formula is C19H18N2O2. The fourth-order valence-electron chi connectivity index (χ4n) is 3.39. The van der Waals surface area contributed by atoms with Crippen LogP contribution in [0.25, 0.3) is 0 Å². The molecule has 2 aromatic rings. The average molecular weight is 306 g/mol. The highest BCUT2D eigenvalue weighted by atomic mass is 16.2. The van der Waals surface area contributed by atoms with Gasteiger partial charge in [-0.15, -0.1) is 0 Å². The summed E-state index contributed by atoms with van der Waals surface area (Å²) in [7, 11) is 0. The van der Waals surface area contributed by atoms with Crippen molar-refractivity contribution in [1.29, 1.82) is 0 Å². The minimum Gasteiger partial charge on any atom is -0.333 e. The third-order valence-electron chi connectivity index (χ3n) is 4.68. The van der Waals surface area contributed by atoms with Crippen molar-refractivity contribution in [2.75, 3.05) is 13.1 Å². The van der Waals surface area contributed by atoms with Gasteiger partial charge >= 0.3 is 0 Å². The Morgan fingerprint density at radius 2 is 1.43 bits per heavy atom. The first-order chi connectivity index (χ1) is 11.1. The molecule has 0 atom stereocenters. The predicted molar refractivity (Wildman–Crippen MR) is 87.1 cm³/mol. The summed E-state index contributed by atoms with van der Waals surface area (Å²) in [6, 6.07) is 13.7. The highest BCUT2D eigenvalue weighted by molar-refractivity contribution is 5.99. The Bertz CT molecular complexity index is 813. The number of hydrogen-bond donors (Lipinski definition) is 0. The van der Waals surface area contributed by atoms with Crippen LogP contribution in [0.3, 0.4) is 0 Å². The Hall–Kier alpha value is -2.62. The Balaban J connectivity index is 1.44. The second kappa shape index (κ2) is 5.23. The number of nitrogens with zero attached hydrogens (tertiary/aromatic N) is 2. The van der Waals surface area contributed by atoms with Crippen molar-refractivity contribution in [1.82, 2.24) is 9.80 Å². The highest BCUT2D eigenvalue weighted by Crippen LogP contribution is 2.25. The van der Waals surface area contributed by atoms with Crippen molar-refractivity contribution in [2.45, 2.75) is 20.0 Å². The standard InChI is InChI=1S/C19H18N2O2/c1-13-6-7-15-12-21(19(23)17(15)10-13)9-8-20-11-14-4-2-3-5-16(14)18(20)22/h2-7,10H,8-9,11-12H2,1H3. The molecule has 116 valence electrons. The molecule has 2 heterocycles. The van der Waals surface area contributed by atoms with E-state index in [-0.39, 0.29) is 11.8 Å². The molecule has 23 heavy (non-hydrogen) atoms. The molecule has 0 radical (unpaired) electrons. The molecule has 0 aliphatic carbocycles. The summed E-state index contributed by atoms with van der Waals surface area (Å²) in [5, 5.41) is 0. The van der Waals surface area contributed by atoms with Gasteiger partial charge < -0.3 is 9.80 Å². The summed E-state index contributed by atoms with van der Waals surface area (Å²) in [4.78, 5) is 28.5. The van der Waals surface area contributed by atoms with Crippen LogP contribution < -0.4 is 0 Å². The van der Waals surface area contributed by atoms with Gasteiger partial charge in [0.15, 0.2) is 0 Å². The number of rotatable bonds is 3. The summed E-state index contributed by atoms with van der Waals surface area (Å²) >= 11 is 0. The SMILES string of the molecule is Cc1ccc2c(c1)C(=O)N(CCN1Cc3ccccc3C1=O)C2. The first-order valence-electron chi connectivity index (χ1n) is 7.89. The second-order valence-corrected chi connectivity index (χ2v) is 6.27. The van der Waals surface area contributed by atoms with Gasteiger partial charge in [-0.3, -0.25) is 9.59 Å². The van der Waals surface area contributed by atoms with Gasteiger partial charge in [-0.25, -0.2) is 0 Å². The lowest BCUT2D eigenvalue weighted by molar-refractivity contribution is 0.0688. The van der Waals surface area contributed by atoms with E-state index in [1.54, 1.807) is 0 Å². The summed E-state index contributed by atoms with van der Waals surface area (Å²) in [5.41, 5.74) is 4.85. The van der Waals surface area contributed by atoms with Crippen molar-refractivity contribution in [3.63, 3.8) is 0 Å². The van der Waals surface area contributed by atoms with Gasteiger partial charge in [-0.05, 0) is 30.2 Å². The third kappa shape index (κ3) is 2.31. The molecule has 2 amide bonds. The van der Waals surface area contributed by atoms with E-state index in [1.807, 2.05) is 59.2 Å². The number of fused-ring (bicyclic) bond motifs is 2. The van der Waals surface area contributed by atoms with Crippen LogP contribution in [0.1, 0.15) is 37.4 Å². The Morgan fingerprint density at radius 1 is 0.826 bits per heavy atom. The maximum Gasteiger partial charge on any atom is 0.254 e.